The predicted octanol–water partition coefficient (Wildman–Crippen LogP) is 4.91. The highest BCUT2D eigenvalue weighted by Crippen LogP contribution is 2.34. The maximum absolute atomic E-state index is 13.3. The topological polar surface area (TPSA) is 71.5 Å². The molecule has 0 radical (unpaired) electrons. The Labute approximate surface area is 187 Å². The number of carbonyl (C=O) groups excluding carboxylic acids is 1. The molecular weight excluding hydrogens is 412 g/mol. The Bertz CT molecular complexity index is 1070. The standard InChI is InChI=1S/C25H27ClN2O3/c1-2-31-24-19-8-4-3-7-18(19)17(13-16-11-12-23(26)27-15-16)14-20(24)25(30)28-21-9-5-6-10-22(21)29/h3-4,7-8,11-12,14-15,21-22,29H,2,5-6,9-10,13H2,1H3,(H,28,30). The summed E-state index contributed by atoms with van der Waals surface area (Å²) in [6, 6.07) is 13.4. The lowest BCUT2D eigenvalue weighted by Crippen LogP contribution is -2.45. The van der Waals surface area contributed by atoms with Crippen molar-refractivity contribution in [2.75, 3.05) is 6.61 Å². The van der Waals surface area contributed by atoms with Crippen LogP contribution < -0.4 is 10.1 Å². The maximum atomic E-state index is 13.3. The average Bonchev–Trinajstić information content (AvgIpc) is 2.78. The van der Waals surface area contributed by atoms with Crippen LogP contribution in [0.3, 0.4) is 0 Å². The molecule has 1 heterocycles. The zero-order valence-corrected chi connectivity index (χ0v) is 18.4. The number of hydrogen-bond acceptors (Lipinski definition) is 4. The van der Waals surface area contributed by atoms with Crippen molar-refractivity contribution in [2.45, 2.75) is 51.2 Å². The third-order valence-corrected chi connectivity index (χ3v) is 6.07. The van der Waals surface area contributed by atoms with E-state index in [1.165, 1.54) is 0 Å². The van der Waals surface area contributed by atoms with Gasteiger partial charge in [0.25, 0.3) is 5.91 Å². The second-order valence-electron chi connectivity index (χ2n) is 7.99. The summed E-state index contributed by atoms with van der Waals surface area (Å²) in [5, 5.41) is 15.8. The Balaban J connectivity index is 1.76. The fourth-order valence-corrected chi connectivity index (χ4v) is 4.41. The van der Waals surface area contributed by atoms with Crippen LogP contribution in [0.2, 0.25) is 5.15 Å². The minimum absolute atomic E-state index is 0.212. The van der Waals surface area contributed by atoms with Gasteiger partial charge in [0, 0.05) is 11.6 Å². The Morgan fingerprint density at radius 1 is 1.19 bits per heavy atom. The Hall–Kier alpha value is -2.63. The van der Waals surface area contributed by atoms with E-state index in [4.69, 9.17) is 16.3 Å². The molecule has 0 bridgehead atoms. The summed E-state index contributed by atoms with van der Waals surface area (Å²) in [4.78, 5) is 17.5. The third kappa shape index (κ3) is 4.83. The van der Waals surface area contributed by atoms with Crippen LogP contribution in [0.5, 0.6) is 5.75 Å². The molecule has 0 aliphatic heterocycles. The van der Waals surface area contributed by atoms with Crippen molar-refractivity contribution in [3.05, 3.63) is 70.5 Å². The number of ether oxygens (including phenoxy) is 1. The van der Waals surface area contributed by atoms with Gasteiger partial charge in [0.2, 0.25) is 0 Å². The molecule has 1 aliphatic rings. The molecular formula is C25H27ClN2O3. The van der Waals surface area contributed by atoms with E-state index in [2.05, 4.69) is 10.3 Å². The lowest BCUT2D eigenvalue weighted by Gasteiger charge is -2.28. The fourth-order valence-electron chi connectivity index (χ4n) is 4.30. The number of carbonyl (C=O) groups is 1. The molecule has 1 saturated carbocycles. The van der Waals surface area contributed by atoms with Gasteiger partial charge in [-0.2, -0.15) is 0 Å². The zero-order chi connectivity index (χ0) is 21.8. The maximum Gasteiger partial charge on any atom is 0.255 e. The van der Waals surface area contributed by atoms with Gasteiger partial charge < -0.3 is 15.2 Å². The van der Waals surface area contributed by atoms with Crippen LogP contribution in [0, 0.1) is 0 Å². The van der Waals surface area contributed by atoms with Crippen LogP contribution in [-0.2, 0) is 6.42 Å². The number of benzene rings is 2. The highest BCUT2D eigenvalue weighted by molar-refractivity contribution is 6.29. The summed E-state index contributed by atoms with van der Waals surface area (Å²) < 4.78 is 5.96. The minimum Gasteiger partial charge on any atom is -0.492 e. The number of aliphatic hydroxyl groups is 1. The quantitative estimate of drug-likeness (QED) is 0.536. The van der Waals surface area contributed by atoms with Crippen molar-refractivity contribution < 1.29 is 14.6 Å². The van der Waals surface area contributed by atoms with Gasteiger partial charge in [0.1, 0.15) is 10.9 Å². The number of nitrogens with zero attached hydrogens (tertiary/aromatic N) is 1. The largest absolute Gasteiger partial charge is 0.492 e. The van der Waals surface area contributed by atoms with Crippen molar-refractivity contribution >= 4 is 28.3 Å². The van der Waals surface area contributed by atoms with Gasteiger partial charge in [-0.3, -0.25) is 4.79 Å². The molecule has 2 aromatic carbocycles. The minimum atomic E-state index is -0.506. The van der Waals surface area contributed by atoms with Crippen molar-refractivity contribution in [3.63, 3.8) is 0 Å². The number of hydrogen-bond donors (Lipinski definition) is 2. The van der Waals surface area contributed by atoms with E-state index in [0.717, 1.165) is 47.6 Å². The highest BCUT2D eigenvalue weighted by atomic mass is 35.5. The molecule has 31 heavy (non-hydrogen) atoms. The Morgan fingerprint density at radius 3 is 2.68 bits per heavy atom. The van der Waals surface area contributed by atoms with E-state index in [-0.39, 0.29) is 11.9 Å². The second kappa shape index (κ2) is 9.67. The molecule has 6 heteroatoms. The summed E-state index contributed by atoms with van der Waals surface area (Å²) in [6.45, 7) is 2.37. The third-order valence-electron chi connectivity index (χ3n) is 5.84. The van der Waals surface area contributed by atoms with Crippen LogP contribution >= 0.6 is 11.6 Å². The first-order chi connectivity index (χ1) is 15.1. The van der Waals surface area contributed by atoms with Gasteiger partial charge in [-0.15, -0.1) is 0 Å². The summed E-state index contributed by atoms with van der Waals surface area (Å²) in [6.07, 6.45) is 5.37. The van der Waals surface area contributed by atoms with E-state index in [0.29, 0.717) is 29.5 Å². The number of amides is 1. The highest BCUT2D eigenvalue weighted by Gasteiger charge is 2.27. The zero-order valence-electron chi connectivity index (χ0n) is 17.6. The molecule has 2 N–H and O–H groups in total. The SMILES string of the molecule is CCOc1c(C(=O)NC2CCCCC2O)cc(Cc2ccc(Cl)nc2)c2ccccc12. The number of pyridine rings is 1. The summed E-state index contributed by atoms with van der Waals surface area (Å²) in [5.74, 6) is 0.370. The molecule has 1 fully saturated rings. The molecule has 1 aromatic heterocycles. The monoisotopic (exact) mass is 438 g/mol. The summed E-state index contributed by atoms with van der Waals surface area (Å²) in [5.41, 5.74) is 2.51. The first-order valence-electron chi connectivity index (χ1n) is 10.8. The van der Waals surface area contributed by atoms with Gasteiger partial charge in [-0.05, 0) is 54.8 Å². The van der Waals surface area contributed by atoms with Crippen LogP contribution in [0.15, 0.2) is 48.7 Å². The molecule has 2 atom stereocenters. The summed E-state index contributed by atoms with van der Waals surface area (Å²) in [7, 11) is 0. The van der Waals surface area contributed by atoms with Crippen LogP contribution in [0.25, 0.3) is 10.8 Å². The fraction of sp³-hybridized carbons (Fsp3) is 0.360. The Kier molecular flexibility index (Phi) is 6.73. The smallest absolute Gasteiger partial charge is 0.255 e. The van der Waals surface area contributed by atoms with Gasteiger partial charge >= 0.3 is 0 Å². The normalized spacial score (nSPS) is 18.7. The lowest BCUT2D eigenvalue weighted by molar-refractivity contribution is 0.0715. The van der Waals surface area contributed by atoms with Gasteiger partial charge in [0.15, 0.2) is 0 Å². The molecule has 5 nitrogen and oxygen atoms in total. The lowest BCUT2D eigenvalue weighted by atomic mass is 9.91. The van der Waals surface area contributed by atoms with Crippen LogP contribution in [0.1, 0.15) is 54.1 Å². The second-order valence-corrected chi connectivity index (χ2v) is 8.38. The number of halogens is 1. The van der Waals surface area contributed by atoms with E-state index in [1.807, 2.05) is 43.3 Å². The van der Waals surface area contributed by atoms with Gasteiger partial charge in [-0.25, -0.2) is 4.98 Å². The number of nitrogens with one attached hydrogen (secondary N) is 1. The molecule has 0 spiro atoms. The predicted molar refractivity (Wildman–Crippen MR) is 123 cm³/mol. The number of fused-ring (bicyclic) bond motifs is 1. The van der Waals surface area contributed by atoms with Crippen molar-refractivity contribution in [1.82, 2.24) is 10.3 Å². The summed E-state index contributed by atoms with van der Waals surface area (Å²) >= 11 is 5.94. The van der Waals surface area contributed by atoms with Gasteiger partial charge in [0.05, 0.1) is 24.3 Å². The van der Waals surface area contributed by atoms with E-state index in [1.54, 1.807) is 12.3 Å². The molecule has 2 unspecified atom stereocenters. The number of aromatic nitrogens is 1. The molecule has 4 rings (SSSR count). The molecule has 0 saturated heterocycles. The number of rotatable bonds is 6. The van der Waals surface area contributed by atoms with Crippen molar-refractivity contribution in [1.29, 1.82) is 0 Å². The molecule has 3 aromatic rings. The van der Waals surface area contributed by atoms with Crippen molar-refractivity contribution in [3.8, 4) is 5.75 Å². The average molecular weight is 439 g/mol. The number of aliphatic hydroxyl groups excluding tert-OH is 1. The van der Waals surface area contributed by atoms with Gasteiger partial charge in [-0.1, -0.05) is 54.8 Å². The van der Waals surface area contributed by atoms with E-state index < -0.39 is 6.10 Å². The Morgan fingerprint density at radius 2 is 1.97 bits per heavy atom. The van der Waals surface area contributed by atoms with E-state index in [9.17, 15) is 9.90 Å². The van der Waals surface area contributed by atoms with Crippen molar-refractivity contribution in [2.24, 2.45) is 0 Å². The van der Waals surface area contributed by atoms with Crippen LogP contribution in [0.4, 0.5) is 0 Å². The van der Waals surface area contributed by atoms with Crippen LogP contribution in [-0.4, -0.2) is 34.8 Å². The van der Waals surface area contributed by atoms with E-state index >= 15 is 0 Å². The molecule has 1 amide bonds. The molecule has 1 aliphatic carbocycles. The first kappa shape index (κ1) is 21.6. The molecule has 162 valence electrons. The first-order valence-corrected chi connectivity index (χ1v) is 11.2.